The van der Waals surface area contributed by atoms with E-state index in [2.05, 4.69) is 21.2 Å². The minimum Gasteiger partial charge on any atom is -0.489 e. The standard InChI is InChI=1S/C10H12BrNO/c1-12-7-2-5-10(9(11)6-7)13-8-3-4-8/h2,5-6,8,12H,3-4H2,1H3. The molecule has 70 valence electrons. The number of rotatable bonds is 3. The summed E-state index contributed by atoms with van der Waals surface area (Å²) in [6, 6.07) is 6.04. The van der Waals surface area contributed by atoms with Gasteiger partial charge in [-0.3, -0.25) is 0 Å². The van der Waals surface area contributed by atoms with Crippen LogP contribution in [0, 0.1) is 0 Å². The summed E-state index contributed by atoms with van der Waals surface area (Å²) in [5, 5.41) is 3.08. The maximum atomic E-state index is 5.68. The van der Waals surface area contributed by atoms with Crippen LogP contribution in [0.2, 0.25) is 0 Å². The van der Waals surface area contributed by atoms with E-state index in [-0.39, 0.29) is 0 Å². The molecule has 0 saturated heterocycles. The van der Waals surface area contributed by atoms with E-state index in [1.165, 1.54) is 12.8 Å². The van der Waals surface area contributed by atoms with Gasteiger partial charge in [0.05, 0.1) is 10.6 Å². The highest BCUT2D eigenvalue weighted by molar-refractivity contribution is 9.10. The molecule has 1 aliphatic rings. The quantitative estimate of drug-likeness (QED) is 0.879. The van der Waals surface area contributed by atoms with E-state index < -0.39 is 0 Å². The van der Waals surface area contributed by atoms with Crippen LogP contribution in [0.25, 0.3) is 0 Å². The first-order valence-electron chi connectivity index (χ1n) is 4.43. The lowest BCUT2D eigenvalue weighted by molar-refractivity contribution is 0.301. The molecule has 0 aromatic heterocycles. The molecule has 3 heteroatoms. The van der Waals surface area contributed by atoms with Crippen molar-refractivity contribution in [1.29, 1.82) is 0 Å². The first-order valence-corrected chi connectivity index (χ1v) is 5.23. The second-order valence-corrected chi connectivity index (χ2v) is 4.07. The van der Waals surface area contributed by atoms with Gasteiger partial charge in [-0.25, -0.2) is 0 Å². The molecular formula is C10H12BrNO. The molecule has 1 aromatic rings. The van der Waals surface area contributed by atoms with Crippen LogP contribution >= 0.6 is 15.9 Å². The summed E-state index contributed by atoms with van der Waals surface area (Å²) in [4.78, 5) is 0. The highest BCUT2D eigenvalue weighted by Gasteiger charge is 2.24. The molecule has 0 bridgehead atoms. The van der Waals surface area contributed by atoms with Gasteiger partial charge >= 0.3 is 0 Å². The van der Waals surface area contributed by atoms with Crippen LogP contribution in [0.5, 0.6) is 5.75 Å². The Bertz CT molecular complexity index is 310. The van der Waals surface area contributed by atoms with Gasteiger partial charge in [-0.2, -0.15) is 0 Å². The second kappa shape index (κ2) is 3.58. The summed E-state index contributed by atoms with van der Waals surface area (Å²) in [5.74, 6) is 0.946. The molecule has 0 amide bonds. The van der Waals surface area contributed by atoms with Crippen LogP contribution in [0.1, 0.15) is 12.8 Å². The van der Waals surface area contributed by atoms with Crippen molar-refractivity contribution >= 4 is 21.6 Å². The number of benzene rings is 1. The summed E-state index contributed by atoms with van der Waals surface area (Å²) in [7, 11) is 1.91. The lowest BCUT2D eigenvalue weighted by atomic mass is 10.3. The molecule has 1 aliphatic carbocycles. The fourth-order valence-corrected chi connectivity index (χ4v) is 1.59. The molecule has 2 rings (SSSR count). The number of hydrogen-bond donors (Lipinski definition) is 1. The van der Waals surface area contributed by atoms with Gasteiger partial charge in [-0.15, -0.1) is 0 Å². The van der Waals surface area contributed by atoms with E-state index in [1.54, 1.807) is 0 Å². The van der Waals surface area contributed by atoms with Gasteiger partial charge in [0.15, 0.2) is 0 Å². The van der Waals surface area contributed by atoms with Crippen molar-refractivity contribution in [1.82, 2.24) is 0 Å². The topological polar surface area (TPSA) is 21.3 Å². The molecule has 0 spiro atoms. The molecule has 0 aliphatic heterocycles. The maximum absolute atomic E-state index is 5.68. The highest BCUT2D eigenvalue weighted by Crippen LogP contribution is 2.33. The molecule has 0 radical (unpaired) electrons. The fraction of sp³-hybridized carbons (Fsp3) is 0.400. The average Bonchev–Trinajstić information content (AvgIpc) is 2.92. The van der Waals surface area contributed by atoms with Crippen LogP contribution < -0.4 is 10.1 Å². The van der Waals surface area contributed by atoms with Crippen molar-refractivity contribution in [2.75, 3.05) is 12.4 Å². The Labute approximate surface area is 86.4 Å². The first-order chi connectivity index (χ1) is 6.29. The van der Waals surface area contributed by atoms with Gasteiger partial charge in [0, 0.05) is 12.7 Å². The first kappa shape index (κ1) is 8.88. The Balaban J connectivity index is 2.15. The lowest BCUT2D eigenvalue weighted by Crippen LogP contribution is -1.97. The average molecular weight is 242 g/mol. The minimum atomic E-state index is 0.455. The molecule has 13 heavy (non-hydrogen) atoms. The Hall–Kier alpha value is -0.700. The highest BCUT2D eigenvalue weighted by atomic mass is 79.9. The van der Waals surface area contributed by atoms with Gasteiger partial charge in [-0.1, -0.05) is 0 Å². The van der Waals surface area contributed by atoms with Crippen molar-refractivity contribution in [2.24, 2.45) is 0 Å². The number of halogens is 1. The smallest absolute Gasteiger partial charge is 0.134 e. The number of hydrogen-bond acceptors (Lipinski definition) is 2. The van der Waals surface area contributed by atoms with E-state index in [0.717, 1.165) is 15.9 Å². The van der Waals surface area contributed by atoms with Crippen molar-refractivity contribution in [3.63, 3.8) is 0 Å². The van der Waals surface area contributed by atoms with E-state index in [9.17, 15) is 0 Å². The summed E-state index contributed by atoms with van der Waals surface area (Å²) in [6.07, 6.45) is 2.84. The van der Waals surface area contributed by atoms with E-state index in [4.69, 9.17) is 4.74 Å². The number of nitrogens with one attached hydrogen (secondary N) is 1. The zero-order valence-electron chi connectivity index (χ0n) is 7.51. The monoisotopic (exact) mass is 241 g/mol. The zero-order valence-corrected chi connectivity index (χ0v) is 9.10. The van der Waals surface area contributed by atoms with Gasteiger partial charge < -0.3 is 10.1 Å². The van der Waals surface area contributed by atoms with Gasteiger partial charge in [0.2, 0.25) is 0 Å². The van der Waals surface area contributed by atoms with Crippen LogP contribution in [-0.4, -0.2) is 13.2 Å². The molecule has 1 fully saturated rings. The van der Waals surface area contributed by atoms with E-state index in [0.29, 0.717) is 6.10 Å². The molecule has 1 saturated carbocycles. The molecule has 0 atom stereocenters. The molecular weight excluding hydrogens is 230 g/mol. The molecule has 2 nitrogen and oxygen atoms in total. The van der Waals surface area contributed by atoms with Gasteiger partial charge in [-0.05, 0) is 47.0 Å². The summed E-state index contributed by atoms with van der Waals surface area (Å²) >= 11 is 3.48. The predicted octanol–water partition coefficient (Wildman–Crippen LogP) is 3.03. The van der Waals surface area contributed by atoms with E-state index >= 15 is 0 Å². The molecule has 1 N–H and O–H groups in total. The molecule has 0 unspecified atom stereocenters. The van der Waals surface area contributed by atoms with E-state index in [1.807, 2.05) is 25.2 Å². The Kier molecular flexibility index (Phi) is 2.44. The van der Waals surface area contributed by atoms with Crippen molar-refractivity contribution in [3.05, 3.63) is 22.7 Å². The number of ether oxygens (including phenoxy) is 1. The number of anilines is 1. The van der Waals surface area contributed by atoms with Gasteiger partial charge in [0.1, 0.15) is 5.75 Å². The summed E-state index contributed by atoms with van der Waals surface area (Å²) < 4.78 is 6.70. The lowest BCUT2D eigenvalue weighted by Gasteiger charge is -2.08. The predicted molar refractivity (Wildman–Crippen MR) is 57.3 cm³/mol. The Morgan fingerprint density at radius 3 is 2.77 bits per heavy atom. The minimum absolute atomic E-state index is 0.455. The van der Waals surface area contributed by atoms with Gasteiger partial charge in [0.25, 0.3) is 0 Å². The maximum Gasteiger partial charge on any atom is 0.134 e. The van der Waals surface area contributed by atoms with Crippen LogP contribution in [0.3, 0.4) is 0 Å². The Morgan fingerprint density at radius 2 is 2.23 bits per heavy atom. The normalized spacial score (nSPS) is 15.5. The summed E-state index contributed by atoms with van der Waals surface area (Å²) in [5.41, 5.74) is 1.09. The SMILES string of the molecule is CNc1ccc(OC2CC2)c(Br)c1. The third-order valence-corrected chi connectivity index (χ3v) is 2.66. The third-order valence-electron chi connectivity index (χ3n) is 2.04. The van der Waals surface area contributed by atoms with Crippen molar-refractivity contribution in [2.45, 2.75) is 18.9 Å². The second-order valence-electron chi connectivity index (χ2n) is 3.21. The Morgan fingerprint density at radius 1 is 1.46 bits per heavy atom. The van der Waals surface area contributed by atoms with Crippen LogP contribution in [0.4, 0.5) is 5.69 Å². The zero-order chi connectivity index (χ0) is 9.26. The van der Waals surface area contributed by atoms with Crippen molar-refractivity contribution in [3.8, 4) is 5.75 Å². The summed E-state index contributed by atoms with van der Waals surface area (Å²) in [6.45, 7) is 0. The third kappa shape index (κ3) is 2.15. The fourth-order valence-electron chi connectivity index (χ4n) is 1.12. The van der Waals surface area contributed by atoms with Crippen LogP contribution in [-0.2, 0) is 0 Å². The molecule has 0 heterocycles. The molecule has 1 aromatic carbocycles. The van der Waals surface area contributed by atoms with Crippen molar-refractivity contribution < 1.29 is 4.74 Å². The largest absolute Gasteiger partial charge is 0.489 e. The van der Waals surface area contributed by atoms with Crippen LogP contribution in [0.15, 0.2) is 22.7 Å².